The van der Waals surface area contributed by atoms with Crippen molar-refractivity contribution in [2.75, 3.05) is 23.2 Å². The van der Waals surface area contributed by atoms with E-state index in [2.05, 4.69) is 5.48 Å². The molecule has 0 radical (unpaired) electrons. The molecule has 3 rings (SSSR count). The number of hydrogen-bond donors (Lipinski definition) is 1. The predicted octanol–water partition coefficient (Wildman–Crippen LogP) is 1.41. The Kier molecular flexibility index (Phi) is 4.84. The number of carbonyl (C=O) groups excluding carboxylic acids is 1. The van der Waals surface area contributed by atoms with E-state index in [0.29, 0.717) is 30.8 Å². The number of amides is 1. The van der Waals surface area contributed by atoms with Gasteiger partial charge in [0.1, 0.15) is 0 Å². The Balaban J connectivity index is 1.65. The lowest BCUT2D eigenvalue weighted by atomic mass is 10.2. The van der Waals surface area contributed by atoms with E-state index >= 15 is 0 Å². The van der Waals surface area contributed by atoms with E-state index in [1.165, 1.54) is 4.31 Å². The van der Waals surface area contributed by atoms with Crippen molar-refractivity contribution in [3.05, 3.63) is 29.8 Å². The molecule has 2 fully saturated rings. The van der Waals surface area contributed by atoms with Gasteiger partial charge in [-0.2, -0.15) is 0 Å². The minimum absolute atomic E-state index is 0.144. The summed E-state index contributed by atoms with van der Waals surface area (Å²) in [5.41, 5.74) is 3.23. The van der Waals surface area contributed by atoms with Crippen LogP contribution in [-0.4, -0.2) is 39.5 Å². The third-order valence-corrected chi connectivity index (χ3v) is 5.79. The molecule has 126 valence electrons. The molecule has 1 N–H and O–H groups in total. The predicted molar refractivity (Wildman–Crippen MR) is 84.3 cm³/mol. The first kappa shape index (κ1) is 16.2. The van der Waals surface area contributed by atoms with Crippen LogP contribution in [0.3, 0.4) is 0 Å². The molecule has 1 aromatic rings. The van der Waals surface area contributed by atoms with E-state index < -0.39 is 22.2 Å². The molecule has 2 aliphatic heterocycles. The maximum absolute atomic E-state index is 12.2. The van der Waals surface area contributed by atoms with Crippen LogP contribution in [0.15, 0.2) is 24.3 Å². The first-order valence-corrected chi connectivity index (χ1v) is 9.35. The molecule has 1 aromatic carbocycles. The zero-order chi connectivity index (χ0) is 16.3. The summed E-state index contributed by atoms with van der Waals surface area (Å²) < 4.78 is 30.6. The third kappa shape index (κ3) is 3.82. The number of nitrogens with one attached hydrogen (secondary N) is 1. The molecule has 23 heavy (non-hydrogen) atoms. The quantitative estimate of drug-likeness (QED) is 0.838. The number of anilines is 1. The first-order valence-electron chi connectivity index (χ1n) is 7.74. The zero-order valence-electron chi connectivity index (χ0n) is 12.7. The summed E-state index contributed by atoms with van der Waals surface area (Å²) in [6.07, 6.45) is 2.92. The van der Waals surface area contributed by atoms with Crippen LogP contribution in [0.5, 0.6) is 0 Å². The van der Waals surface area contributed by atoms with E-state index in [1.807, 2.05) is 0 Å². The summed E-state index contributed by atoms with van der Waals surface area (Å²) in [6, 6.07) is 6.52. The molecule has 0 aliphatic carbocycles. The van der Waals surface area contributed by atoms with Crippen LogP contribution in [0.1, 0.15) is 36.0 Å². The van der Waals surface area contributed by atoms with Crippen LogP contribution in [0, 0.1) is 0 Å². The molecule has 1 unspecified atom stereocenters. The Morgan fingerprint density at radius 2 is 2.17 bits per heavy atom. The van der Waals surface area contributed by atoms with Gasteiger partial charge in [0.15, 0.2) is 6.29 Å². The van der Waals surface area contributed by atoms with Crippen molar-refractivity contribution in [1.82, 2.24) is 5.48 Å². The van der Waals surface area contributed by atoms with E-state index in [-0.39, 0.29) is 5.75 Å². The summed E-state index contributed by atoms with van der Waals surface area (Å²) in [5, 5.41) is 0. The Morgan fingerprint density at radius 3 is 2.87 bits per heavy atom. The molecule has 8 heteroatoms. The van der Waals surface area contributed by atoms with Gasteiger partial charge in [-0.05, 0) is 37.5 Å². The Hall–Kier alpha value is -1.64. The number of carbonyl (C=O) groups is 1. The summed E-state index contributed by atoms with van der Waals surface area (Å²) >= 11 is 0. The summed E-state index contributed by atoms with van der Waals surface area (Å²) in [6.45, 7) is 1.07. The van der Waals surface area contributed by atoms with Gasteiger partial charge >= 0.3 is 0 Å². The van der Waals surface area contributed by atoms with Crippen molar-refractivity contribution in [3.63, 3.8) is 0 Å². The number of ether oxygens (including phenoxy) is 1. The highest BCUT2D eigenvalue weighted by Gasteiger charge is 2.28. The zero-order valence-corrected chi connectivity index (χ0v) is 13.5. The van der Waals surface area contributed by atoms with Gasteiger partial charge in [-0.15, -0.1) is 0 Å². The Bertz CT molecular complexity index is 670. The first-order chi connectivity index (χ1) is 11.1. The summed E-state index contributed by atoms with van der Waals surface area (Å²) in [5.74, 6) is -0.274. The minimum atomic E-state index is -3.26. The van der Waals surface area contributed by atoms with Crippen LogP contribution in [0.4, 0.5) is 5.69 Å². The molecule has 1 amide bonds. The molecular weight excluding hydrogens is 320 g/mol. The molecular formula is C15H20N2O5S. The van der Waals surface area contributed by atoms with Crippen molar-refractivity contribution in [2.45, 2.75) is 32.0 Å². The highest BCUT2D eigenvalue weighted by atomic mass is 32.2. The van der Waals surface area contributed by atoms with E-state index in [0.717, 1.165) is 19.3 Å². The van der Waals surface area contributed by atoms with Crippen LogP contribution in [0.2, 0.25) is 0 Å². The molecule has 0 spiro atoms. The maximum Gasteiger partial charge on any atom is 0.275 e. The largest absolute Gasteiger partial charge is 0.350 e. The van der Waals surface area contributed by atoms with Crippen molar-refractivity contribution in [1.29, 1.82) is 0 Å². The third-order valence-electron chi connectivity index (χ3n) is 3.92. The van der Waals surface area contributed by atoms with Crippen molar-refractivity contribution >= 4 is 21.6 Å². The van der Waals surface area contributed by atoms with E-state index in [1.54, 1.807) is 24.3 Å². The second kappa shape index (κ2) is 6.86. The van der Waals surface area contributed by atoms with Gasteiger partial charge < -0.3 is 4.74 Å². The molecule has 2 saturated heterocycles. The molecule has 0 bridgehead atoms. The van der Waals surface area contributed by atoms with Crippen molar-refractivity contribution in [3.8, 4) is 0 Å². The average molecular weight is 340 g/mol. The Morgan fingerprint density at radius 1 is 1.30 bits per heavy atom. The minimum Gasteiger partial charge on any atom is -0.350 e. The van der Waals surface area contributed by atoms with Crippen LogP contribution < -0.4 is 9.79 Å². The smallest absolute Gasteiger partial charge is 0.275 e. The summed E-state index contributed by atoms with van der Waals surface area (Å²) in [4.78, 5) is 17.4. The lowest BCUT2D eigenvalue weighted by Crippen LogP contribution is -2.33. The second-order valence-corrected chi connectivity index (χ2v) is 7.65. The highest BCUT2D eigenvalue weighted by molar-refractivity contribution is 7.93. The molecule has 0 aromatic heterocycles. The monoisotopic (exact) mass is 340 g/mol. The SMILES string of the molecule is O=C(NOC1CCCCO1)c1cccc(N2CCCS2(=O)=O)c1. The fourth-order valence-corrected chi connectivity index (χ4v) is 4.27. The van der Waals surface area contributed by atoms with Crippen LogP contribution in [-0.2, 0) is 19.6 Å². The maximum atomic E-state index is 12.2. The number of hydrogen-bond acceptors (Lipinski definition) is 5. The van der Waals surface area contributed by atoms with Gasteiger partial charge in [-0.25, -0.2) is 18.7 Å². The molecule has 2 heterocycles. The highest BCUT2D eigenvalue weighted by Crippen LogP contribution is 2.24. The molecule has 7 nitrogen and oxygen atoms in total. The second-order valence-electron chi connectivity index (χ2n) is 5.64. The normalized spacial score (nSPS) is 23.7. The van der Waals surface area contributed by atoms with Crippen LogP contribution in [0.25, 0.3) is 0 Å². The average Bonchev–Trinajstić information content (AvgIpc) is 2.93. The lowest BCUT2D eigenvalue weighted by molar-refractivity contribution is -0.186. The van der Waals surface area contributed by atoms with E-state index in [9.17, 15) is 13.2 Å². The standard InChI is InChI=1S/C15H20N2O5S/c18-15(16-22-14-7-1-2-9-21-14)12-5-3-6-13(11-12)17-8-4-10-23(17,19)20/h3,5-6,11,14H,1-2,4,7-10H2,(H,16,18). The molecule has 0 saturated carbocycles. The number of nitrogens with zero attached hydrogens (tertiary/aromatic N) is 1. The number of sulfonamides is 1. The number of hydroxylamine groups is 1. The number of rotatable bonds is 4. The summed E-state index contributed by atoms with van der Waals surface area (Å²) in [7, 11) is -3.26. The van der Waals surface area contributed by atoms with Gasteiger partial charge in [-0.1, -0.05) is 6.07 Å². The fourth-order valence-electron chi connectivity index (χ4n) is 2.71. The van der Waals surface area contributed by atoms with Gasteiger partial charge in [0.2, 0.25) is 10.0 Å². The van der Waals surface area contributed by atoms with Crippen molar-refractivity contribution < 1.29 is 22.8 Å². The van der Waals surface area contributed by atoms with Gasteiger partial charge in [0.05, 0.1) is 11.4 Å². The van der Waals surface area contributed by atoms with Gasteiger partial charge in [0.25, 0.3) is 5.91 Å². The van der Waals surface area contributed by atoms with Gasteiger partial charge in [-0.3, -0.25) is 9.10 Å². The molecule has 2 aliphatic rings. The van der Waals surface area contributed by atoms with Gasteiger partial charge in [0, 0.05) is 25.1 Å². The number of benzene rings is 1. The topological polar surface area (TPSA) is 84.9 Å². The molecule has 1 atom stereocenters. The van der Waals surface area contributed by atoms with Crippen LogP contribution >= 0.6 is 0 Å². The van der Waals surface area contributed by atoms with Crippen molar-refractivity contribution in [2.24, 2.45) is 0 Å². The lowest BCUT2D eigenvalue weighted by Gasteiger charge is -2.22. The Labute approximate surface area is 135 Å². The van der Waals surface area contributed by atoms with E-state index in [4.69, 9.17) is 9.57 Å². The fraction of sp³-hybridized carbons (Fsp3) is 0.533.